The summed E-state index contributed by atoms with van der Waals surface area (Å²) in [4.78, 5) is 0. The molecule has 0 bridgehead atoms. The maximum absolute atomic E-state index is 9.04. The van der Waals surface area contributed by atoms with Crippen LogP contribution in [0.15, 0.2) is 24.0 Å². The van der Waals surface area contributed by atoms with Crippen LogP contribution in [0.1, 0.15) is 26.7 Å². The predicted octanol–water partition coefficient (Wildman–Crippen LogP) is 2.64. The molecule has 2 N–H and O–H groups in total. The van der Waals surface area contributed by atoms with Gasteiger partial charge in [-0.15, -0.1) is 0 Å². The minimum absolute atomic E-state index is 0.0724. The van der Waals surface area contributed by atoms with E-state index < -0.39 is 0 Å². The summed E-state index contributed by atoms with van der Waals surface area (Å²) in [5.74, 6) is -0.145. The van der Waals surface area contributed by atoms with Crippen molar-refractivity contribution >= 4 is 0 Å². The van der Waals surface area contributed by atoms with Crippen molar-refractivity contribution in [2.45, 2.75) is 26.7 Å². The molecule has 0 amide bonds. The molecule has 0 unspecified atom stereocenters. The van der Waals surface area contributed by atoms with Gasteiger partial charge in [0.15, 0.2) is 0 Å². The van der Waals surface area contributed by atoms with Crippen LogP contribution in [-0.4, -0.2) is 23.4 Å². The van der Waals surface area contributed by atoms with Crippen LogP contribution in [-0.2, 0) is 9.47 Å². The molecule has 82 valence electrons. The van der Waals surface area contributed by atoms with E-state index in [1.54, 1.807) is 26.0 Å². The summed E-state index contributed by atoms with van der Waals surface area (Å²) >= 11 is 0. The fourth-order valence-electron chi connectivity index (χ4n) is 0.827. The summed E-state index contributed by atoms with van der Waals surface area (Å²) < 4.78 is 9.60. The van der Waals surface area contributed by atoms with Gasteiger partial charge in [0.2, 0.25) is 0 Å². The van der Waals surface area contributed by atoms with Gasteiger partial charge in [0.1, 0.15) is 0 Å². The highest BCUT2D eigenvalue weighted by Crippen LogP contribution is 2.01. The number of allylic oxidation sites excluding steroid dienone is 2. The summed E-state index contributed by atoms with van der Waals surface area (Å²) in [5, 5.41) is 18.1. The maximum Gasteiger partial charge on any atom is 0.272 e. The van der Waals surface area contributed by atoms with Gasteiger partial charge in [-0.2, -0.15) is 0 Å². The molecule has 0 aromatic carbocycles. The molecule has 0 heterocycles. The average molecular weight is 202 g/mol. The summed E-state index contributed by atoms with van der Waals surface area (Å²) in [6, 6.07) is 0. The second-order valence-electron chi connectivity index (χ2n) is 2.53. The molecule has 0 aromatic rings. The van der Waals surface area contributed by atoms with Gasteiger partial charge < -0.3 is 19.7 Å². The number of ether oxygens (including phenoxy) is 2. The number of rotatable bonds is 7. The number of aliphatic hydroxyl groups excluding tert-OH is 2. The van der Waals surface area contributed by atoms with Crippen LogP contribution in [0.5, 0.6) is 0 Å². The third-order valence-electron chi connectivity index (χ3n) is 1.39. The molecule has 0 atom stereocenters. The van der Waals surface area contributed by atoms with Gasteiger partial charge in [0, 0.05) is 0 Å². The average Bonchev–Trinajstić information content (AvgIpc) is 2.13. The third kappa shape index (κ3) is 7.34. The van der Waals surface area contributed by atoms with E-state index in [1.165, 1.54) is 0 Å². The quantitative estimate of drug-likeness (QED) is 0.492. The summed E-state index contributed by atoms with van der Waals surface area (Å²) in [6.45, 7) is 4.49. The highest BCUT2D eigenvalue weighted by atomic mass is 16.6. The second kappa shape index (κ2) is 8.29. The van der Waals surface area contributed by atoms with E-state index in [-0.39, 0.29) is 11.9 Å². The monoisotopic (exact) mass is 202 g/mol. The fourth-order valence-corrected chi connectivity index (χ4v) is 0.827. The van der Waals surface area contributed by atoms with Crippen LogP contribution < -0.4 is 0 Å². The lowest BCUT2D eigenvalue weighted by Gasteiger charge is -2.00. The highest BCUT2D eigenvalue weighted by Gasteiger charge is 1.92. The van der Waals surface area contributed by atoms with E-state index in [4.69, 9.17) is 19.7 Å². The van der Waals surface area contributed by atoms with Crippen LogP contribution in [0.25, 0.3) is 0 Å². The van der Waals surface area contributed by atoms with Crippen LogP contribution in [0, 0.1) is 0 Å². The molecule has 0 aliphatic rings. The van der Waals surface area contributed by atoms with Gasteiger partial charge in [0.05, 0.1) is 13.2 Å². The van der Waals surface area contributed by atoms with Crippen LogP contribution in [0.4, 0.5) is 0 Å². The van der Waals surface area contributed by atoms with Crippen LogP contribution >= 0.6 is 0 Å². The summed E-state index contributed by atoms with van der Waals surface area (Å²) in [6.07, 6.45) is 4.31. The Kier molecular flexibility index (Phi) is 7.50. The largest absolute Gasteiger partial charge is 0.481 e. The molecule has 0 fully saturated rings. The van der Waals surface area contributed by atoms with Gasteiger partial charge in [-0.1, -0.05) is 0 Å². The van der Waals surface area contributed by atoms with Crippen molar-refractivity contribution in [3.05, 3.63) is 24.0 Å². The van der Waals surface area contributed by atoms with Crippen molar-refractivity contribution in [3.8, 4) is 0 Å². The first kappa shape index (κ1) is 12.7. The lowest BCUT2D eigenvalue weighted by atomic mass is 10.3. The van der Waals surface area contributed by atoms with Crippen molar-refractivity contribution in [3.63, 3.8) is 0 Å². The van der Waals surface area contributed by atoms with E-state index in [9.17, 15) is 0 Å². The second-order valence-corrected chi connectivity index (χ2v) is 2.53. The Balaban J connectivity index is 3.63. The van der Waals surface area contributed by atoms with Crippen LogP contribution in [0.3, 0.4) is 0 Å². The molecule has 0 rings (SSSR count). The van der Waals surface area contributed by atoms with Gasteiger partial charge in [0.25, 0.3) is 11.9 Å². The molecule has 0 aliphatic carbocycles. The number of hydrogen-bond acceptors (Lipinski definition) is 4. The Morgan fingerprint density at radius 3 is 1.57 bits per heavy atom. The Labute approximate surface area is 84.5 Å². The first-order valence-electron chi connectivity index (χ1n) is 4.74. The van der Waals surface area contributed by atoms with Gasteiger partial charge in [-0.05, 0) is 38.8 Å². The Morgan fingerprint density at radius 2 is 1.29 bits per heavy atom. The van der Waals surface area contributed by atoms with E-state index in [0.29, 0.717) is 26.1 Å². The van der Waals surface area contributed by atoms with Crippen LogP contribution in [0.2, 0.25) is 0 Å². The first-order chi connectivity index (χ1) is 6.70. The highest BCUT2D eigenvalue weighted by molar-refractivity contribution is 4.88. The molecule has 0 aliphatic heterocycles. The minimum Gasteiger partial charge on any atom is -0.481 e. The van der Waals surface area contributed by atoms with Crippen molar-refractivity contribution < 1.29 is 19.7 Å². The summed E-state index contributed by atoms with van der Waals surface area (Å²) in [5.41, 5.74) is 0. The van der Waals surface area contributed by atoms with Gasteiger partial charge in [-0.25, -0.2) is 0 Å². The summed E-state index contributed by atoms with van der Waals surface area (Å²) in [7, 11) is 0. The molecule has 4 nitrogen and oxygen atoms in total. The topological polar surface area (TPSA) is 58.9 Å². The number of hydrogen-bond donors (Lipinski definition) is 2. The van der Waals surface area contributed by atoms with Gasteiger partial charge in [-0.3, -0.25) is 0 Å². The molecule has 0 saturated heterocycles. The Bertz CT molecular complexity index is 174. The minimum atomic E-state index is -0.0724. The Morgan fingerprint density at radius 1 is 0.929 bits per heavy atom. The zero-order valence-corrected chi connectivity index (χ0v) is 8.69. The lowest BCUT2D eigenvalue weighted by Crippen LogP contribution is -1.90. The zero-order chi connectivity index (χ0) is 10.8. The molecular formula is C10H18O4. The van der Waals surface area contributed by atoms with E-state index >= 15 is 0 Å². The fraction of sp³-hybridized carbons (Fsp3) is 0.600. The normalized spacial score (nSPS) is 12.7. The Hall–Kier alpha value is -1.32. The smallest absolute Gasteiger partial charge is 0.272 e. The first-order valence-corrected chi connectivity index (χ1v) is 4.74. The van der Waals surface area contributed by atoms with Gasteiger partial charge >= 0.3 is 0 Å². The molecule has 0 aromatic heterocycles. The zero-order valence-electron chi connectivity index (χ0n) is 8.69. The van der Waals surface area contributed by atoms with Crippen molar-refractivity contribution in [2.75, 3.05) is 13.2 Å². The number of unbranched alkanes of at least 4 members (excludes halogenated alkanes) is 1. The standard InChI is InChI=1S/C10H18O4/c1-3-13-9(11)7-5-6-8-10(12)14-4-2/h7-8,11-12H,3-6H2,1-2H3. The molecule has 0 spiro atoms. The molecule has 0 saturated carbocycles. The molecular weight excluding hydrogens is 184 g/mol. The predicted molar refractivity (Wildman–Crippen MR) is 53.9 cm³/mol. The van der Waals surface area contributed by atoms with E-state index in [0.717, 1.165) is 0 Å². The lowest BCUT2D eigenvalue weighted by molar-refractivity contribution is 0.0987. The maximum atomic E-state index is 9.04. The SMILES string of the molecule is CCOC(O)=CCCC=C(O)OCC. The number of aliphatic hydroxyl groups is 2. The van der Waals surface area contributed by atoms with Crippen molar-refractivity contribution in [1.29, 1.82) is 0 Å². The van der Waals surface area contributed by atoms with Crippen molar-refractivity contribution in [1.82, 2.24) is 0 Å². The van der Waals surface area contributed by atoms with E-state index in [2.05, 4.69) is 0 Å². The molecule has 0 radical (unpaired) electrons. The molecule has 4 heteroatoms. The third-order valence-corrected chi connectivity index (χ3v) is 1.39. The molecule has 14 heavy (non-hydrogen) atoms. The van der Waals surface area contributed by atoms with Crippen molar-refractivity contribution in [2.24, 2.45) is 0 Å². The van der Waals surface area contributed by atoms with E-state index in [1.807, 2.05) is 0 Å².